The van der Waals surface area contributed by atoms with Crippen LogP contribution in [0.25, 0.3) is 0 Å². The van der Waals surface area contributed by atoms with Gasteiger partial charge < -0.3 is 21.0 Å². The lowest BCUT2D eigenvalue weighted by Crippen LogP contribution is -2.53. The van der Waals surface area contributed by atoms with Gasteiger partial charge in [0.05, 0.1) is 6.04 Å². The largest absolute Gasteiger partial charge is 0.418 e. The van der Waals surface area contributed by atoms with E-state index in [2.05, 4.69) is 14.9 Å². The van der Waals surface area contributed by atoms with E-state index in [9.17, 15) is 18.0 Å². The van der Waals surface area contributed by atoms with Crippen molar-refractivity contribution in [3.63, 3.8) is 0 Å². The van der Waals surface area contributed by atoms with Crippen LogP contribution in [0.15, 0.2) is 0 Å². The number of hydrogen-bond acceptors (Lipinski definition) is 6. The summed E-state index contributed by atoms with van der Waals surface area (Å²) in [5.74, 6) is -0.225. The summed E-state index contributed by atoms with van der Waals surface area (Å²) < 4.78 is 34.8. The Balaban J connectivity index is 0.00000208. The number of fused-ring (bicyclic) bond motifs is 2. The first kappa shape index (κ1) is 18.9. The minimum absolute atomic E-state index is 0. The molecule has 3 amide bonds. The fourth-order valence-electron chi connectivity index (χ4n) is 3.37. The van der Waals surface area contributed by atoms with E-state index in [1.165, 1.54) is 4.90 Å². The summed E-state index contributed by atoms with van der Waals surface area (Å²) in [5, 5.41) is 6.81. The molecule has 3 fully saturated rings. The Kier molecular flexibility index (Phi) is 5.65. The highest BCUT2D eigenvalue weighted by atomic mass is 32.3. The van der Waals surface area contributed by atoms with Gasteiger partial charge in [0, 0.05) is 12.6 Å². The maximum atomic E-state index is 12.4. The van der Waals surface area contributed by atoms with Crippen molar-refractivity contribution >= 4 is 22.3 Å². The van der Waals surface area contributed by atoms with Crippen LogP contribution in [-0.2, 0) is 19.5 Å². The van der Waals surface area contributed by atoms with Crippen LogP contribution in [0.3, 0.4) is 0 Å². The van der Waals surface area contributed by atoms with E-state index < -0.39 is 28.5 Å². The molecule has 24 heavy (non-hydrogen) atoms. The standard InChI is InChI=1S/C12H20N4O6S.H2O/c17-11(14-8-3-5-13-6-4-8)10-2-1-9-7-15(10)12(18)16(9)22-23(19,20)21;/h8-10,13H,1-7H2,(H,14,17)(H,19,20,21);1H2/t9?,10-;/m1./s1. The predicted molar refractivity (Wildman–Crippen MR) is 81.0 cm³/mol. The summed E-state index contributed by atoms with van der Waals surface area (Å²) in [6.45, 7) is 1.89. The Morgan fingerprint density at radius 1 is 1.25 bits per heavy atom. The lowest BCUT2D eigenvalue weighted by molar-refractivity contribution is -0.127. The molecule has 0 saturated carbocycles. The molecule has 3 heterocycles. The molecule has 0 aromatic heterocycles. The maximum Gasteiger partial charge on any atom is 0.418 e. The summed E-state index contributed by atoms with van der Waals surface area (Å²) in [6, 6.07) is -1.74. The van der Waals surface area contributed by atoms with Crippen molar-refractivity contribution in [2.45, 2.75) is 43.8 Å². The highest BCUT2D eigenvalue weighted by molar-refractivity contribution is 7.80. The third-order valence-corrected chi connectivity index (χ3v) is 4.83. The molecular weight excluding hydrogens is 344 g/mol. The highest BCUT2D eigenvalue weighted by Gasteiger charge is 2.49. The zero-order valence-electron chi connectivity index (χ0n) is 13.0. The van der Waals surface area contributed by atoms with Crippen molar-refractivity contribution < 1.29 is 32.3 Å². The molecule has 1 unspecified atom stereocenters. The number of hydroxylamine groups is 2. The van der Waals surface area contributed by atoms with Gasteiger partial charge in [-0.25, -0.2) is 4.79 Å². The number of urea groups is 1. The second-order valence-corrected chi connectivity index (χ2v) is 7.05. The van der Waals surface area contributed by atoms with Gasteiger partial charge in [-0.2, -0.15) is 13.5 Å². The molecule has 138 valence electrons. The molecule has 2 bridgehead atoms. The number of rotatable bonds is 4. The quantitative estimate of drug-likeness (QED) is 0.487. The number of nitrogens with zero attached hydrogens (tertiary/aromatic N) is 2. The van der Waals surface area contributed by atoms with Gasteiger partial charge in [-0.3, -0.25) is 9.35 Å². The number of piperidine rings is 2. The maximum absolute atomic E-state index is 12.4. The molecule has 11 nitrogen and oxygen atoms in total. The summed E-state index contributed by atoms with van der Waals surface area (Å²) in [5.41, 5.74) is 0. The fourth-order valence-corrected chi connectivity index (χ4v) is 3.76. The minimum atomic E-state index is -4.77. The molecule has 3 saturated heterocycles. The van der Waals surface area contributed by atoms with Crippen molar-refractivity contribution in [3.8, 4) is 0 Å². The van der Waals surface area contributed by atoms with Crippen LogP contribution in [0.1, 0.15) is 25.7 Å². The Bertz CT molecular complexity index is 592. The number of carbonyl (C=O) groups excluding carboxylic acids is 2. The Hall–Kier alpha value is -1.47. The van der Waals surface area contributed by atoms with Gasteiger partial charge in [0.15, 0.2) is 0 Å². The number of nitrogens with one attached hydrogen (secondary N) is 2. The van der Waals surface area contributed by atoms with Gasteiger partial charge in [0.2, 0.25) is 5.91 Å². The first-order chi connectivity index (χ1) is 10.8. The Morgan fingerprint density at radius 3 is 2.54 bits per heavy atom. The molecule has 3 aliphatic heterocycles. The minimum Gasteiger partial charge on any atom is -0.412 e. The number of hydrogen-bond donors (Lipinski definition) is 3. The molecule has 0 aromatic carbocycles. The lowest BCUT2D eigenvalue weighted by atomic mass is 9.99. The van der Waals surface area contributed by atoms with Crippen LogP contribution >= 0.6 is 0 Å². The van der Waals surface area contributed by atoms with Crippen molar-refractivity contribution in [2.24, 2.45) is 0 Å². The molecule has 0 radical (unpaired) electrons. The van der Waals surface area contributed by atoms with E-state index in [-0.39, 0.29) is 24.0 Å². The second-order valence-electron chi connectivity index (χ2n) is 6.04. The fraction of sp³-hybridized carbons (Fsp3) is 0.833. The first-order valence-electron chi connectivity index (χ1n) is 7.63. The average Bonchev–Trinajstić information content (AvgIpc) is 2.72. The third-order valence-electron chi connectivity index (χ3n) is 4.49. The molecule has 3 aliphatic rings. The first-order valence-corrected chi connectivity index (χ1v) is 8.99. The van der Waals surface area contributed by atoms with Gasteiger partial charge in [-0.15, -0.1) is 4.28 Å². The van der Waals surface area contributed by atoms with Gasteiger partial charge in [0.25, 0.3) is 0 Å². The zero-order chi connectivity index (χ0) is 16.6. The van der Waals surface area contributed by atoms with Crippen LogP contribution in [0, 0.1) is 0 Å². The van der Waals surface area contributed by atoms with Crippen LogP contribution in [-0.4, -0.2) is 78.1 Å². The highest BCUT2D eigenvalue weighted by Crippen LogP contribution is 2.30. The lowest BCUT2D eigenvalue weighted by Gasteiger charge is -2.32. The molecule has 0 spiro atoms. The third kappa shape index (κ3) is 3.95. The van der Waals surface area contributed by atoms with Gasteiger partial charge in [-0.1, -0.05) is 0 Å². The second kappa shape index (κ2) is 7.19. The summed E-state index contributed by atoms with van der Waals surface area (Å²) in [6.07, 6.45) is 2.54. The zero-order valence-corrected chi connectivity index (χ0v) is 13.8. The molecule has 12 heteroatoms. The Labute approximate surface area is 139 Å². The summed E-state index contributed by atoms with van der Waals surface area (Å²) in [7, 11) is -4.77. The molecule has 5 N–H and O–H groups in total. The smallest absolute Gasteiger partial charge is 0.412 e. The van der Waals surface area contributed by atoms with Crippen LogP contribution in [0.5, 0.6) is 0 Å². The van der Waals surface area contributed by atoms with E-state index in [4.69, 9.17) is 4.55 Å². The van der Waals surface area contributed by atoms with Crippen molar-refractivity contribution in [3.05, 3.63) is 0 Å². The van der Waals surface area contributed by atoms with Crippen molar-refractivity contribution in [1.29, 1.82) is 0 Å². The molecule has 0 aromatic rings. The number of amides is 3. The van der Waals surface area contributed by atoms with E-state index in [0.717, 1.165) is 25.9 Å². The van der Waals surface area contributed by atoms with Crippen LogP contribution < -0.4 is 10.6 Å². The number of carbonyl (C=O) groups is 2. The summed E-state index contributed by atoms with van der Waals surface area (Å²) >= 11 is 0. The van der Waals surface area contributed by atoms with E-state index >= 15 is 0 Å². The van der Waals surface area contributed by atoms with Crippen LogP contribution in [0.4, 0.5) is 4.79 Å². The van der Waals surface area contributed by atoms with Gasteiger partial charge in [0.1, 0.15) is 6.04 Å². The van der Waals surface area contributed by atoms with E-state index in [1.54, 1.807) is 0 Å². The SMILES string of the molecule is O.O=C(NC1CCNCC1)[C@H]1CCC2CN1C(=O)N2OS(=O)(=O)O. The van der Waals surface area contributed by atoms with Gasteiger partial charge >= 0.3 is 16.4 Å². The van der Waals surface area contributed by atoms with Crippen molar-refractivity contribution in [1.82, 2.24) is 20.6 Å². The average molecular weight is 366 g/mol. The normalized spacial score (nSPS) is 27.8. The van der Waals surface area contributed by atoms with Crippen LogP contribution in [0.2, 0.25) is 0 Å². The van der Waals surface area contributed by atoms with Gasteiger partial charge in [-0.05, 0) is 38.8 Å². The topological polar surface area (TPSA) is 160 Å². The molecule has 3 rings (SSSR count). The van der Waals surface area contributed by atoms with E-state index in [0.29, 0.717) is 17.9 Å². The monoisotopic (exact) mass is 366 g/mol. The predicted octanol–water partition coefficient (Wildman–Crippen LogP) is -1.97. The Morgan fingerprint density at radius 2 is 1.92 bits per heavy atom. The van der Waals surface area contributed by atoms with Crippen molar-refractivity contribution in [2.75, 3.05) is 19.6 Å². The van der Waals surface area contributed by atoms with E-state index in [1.807, 2.05) is 0 Å². The molecule has 0 aliphatic carbocycles. The molecule has 2 atom stereocenters. The summed E-state index contributed by atoms with van der Waals surface area (Å²) in [4.78, 5) is 26.0. The molecular formula is C12H22N4O7S.